The maximum absolute atomic E-state index is 12.1. The maximum atomic E-state index is 12.1. The molecule has 22 heavy (non-hydrogen) atoms. The Kier molecular flexibility index (Phi) is 6.72. The molecule has 4 heteroatoms. The Morgan fingerprint density at radius 3 is 2.59 bits per heavy atom. The summed E-state index contributed by atoms with van der Waals surface area (Å²) in [5, 5.41) is 3.01. The molecule has 1 aliphatic rings. The second kappa shape index (κ2) is 8.79. The lowest BCUT2D eigenvalue weighted by molar-refractivity contribution is 0.131. The van der Waals surface area contributed by atoms with E-state index in [1.165, 1.54) is 5.56 Å². The van der Waals surface area contributed by atoms with E-state index in [9.17, 15) is 4.79 Å². The van der Waals surface area contributed by atoms with Gasteiger partial charge in [0.25, 0.3) is 0 Å². The number of hydrogen-bond donors (Lipinski definition) is 1. The zero-order valence-electron chi connectivity index (χ0n) is 13.9. The van der Waals surface area contributed by atoms with Crippen molar-refractivity contribution in [2.45, 2.75) is 45.2 Å². The summed E-state index contributed by atoms with van der Waals surface area (Å²) in [5.41, 5.74) is 1.37. The third-order valence-electron chi connectivity index (χ3n) is 4.48. The molecule has 2 amide bonds. The highest BCUT2D eigenvalue weighted by Crippen LogP contribution is 2.17. The summed E-state index contributed by atoms with van der Waals surface area (Å²) in [4.78, 5) is 16.5. The number of carbonyl (C=O) groups excluding carboxylic acids is 1. The molecule has 1 aliphatic heterocycles. The average Bonchev–Trinajstić information content (AvgIpc) is 2.56. The number of amides is 2. The van der Waals surface area contributed by atoms with Crippen LogP contribution < -0.4 is 5.32 Å². The minimum atomic E-state index is 0.0787. The van der Waals surface area contributed by atoms with Crippen molar-refractivity contribution in [3.05, 3.63) is 35.9 Å². The number of unbranched alkanes of at least 4 members (excludes halogenated alkanes) is 1. The van der Waals surface area contributed by atoms with E-state index >= 15 is 0 Å². The number of likely N-dealkylation sites (tertiary alicyclic amines) is 1. The Bertz CT molecular complexity index is 441. The molecule has 0 aliphatic carbocycles. The fourth-order valence-corrected chi connectivity index (χ4v) is 2.97. The Balaban J connectivity index is 1.73. The molecule has 0 unspecified atom stereocenters. The molecule has 2 rings (SSSR count). The Morgan fingerprint density at radius 1 is 1.27 bits per heavy atom. The number of benzene rings is 1. The number of nitrogens with one attached hydrogen (secondary N) is 1. The van der Waals surface area contributed by atoms with Gasteiger partial charge in [-0.3, -0.25) is 4.90 Å². The molecule has 1 aromatic carbocycles. The van der Waals surface area contributed by atoms with Crippen LogP contribution in [0.2, 0.25) is 0 Å². The van der Waals surface area contributed by atoms with Crippen molar-refractivity contribution in [2.24, 2.45) is 0 Å². The third kappa shape index (κ3) is 5.02. The number of rotatable bonds is 6. The van der Waals surface area contributed by atoms with Gasteiger partial charge in [-0.2, -0.15) is 0 Å². The zero-order valence-corrected chi connectivity index (χ0v) is 13.9. The molecular formula is C18H29N3O. The van der Waals surface area contributed by atoms with Crippen LogP contribution in [0.3, 0.4) is 0 Å². The summed E-state index contributed by atoms with van der Waals surface area (Å²) in [5.74, 6) is 0. The number of carbonyl (C=O) groups is 1. The molecule has 4 nitrogen and oxygen atoms in total. The van der Waals surface area contributed by atoms with E-state index in [4.69, 9.17) is 0 Å². The molecule has 0 bridgehead atoms. The van der Waals surface area contributed by atoms with Crippen LogP contribution in [-0.2, 0) is 6.54 Å². The Morgan fingerprint density at radius 2 is 1.95 bits per heavy atom. The van der Waals surface area contributed by atoms with Gasteiger partial charge in [-0.05, 0) is 24.8 Å². The van der Waals surface area contributed by atoms with Crippen molar-refractivity contribution in [1.82, 2.24) is 15.1 Å². The lowest BCUT2D eigenvalue weighted by Crippen LogP contribution is -2.48. The molecule has 1 saturated heterocycles. The summed E-state index contributed by atoms with van der Waals surface area (Å²) < 4.78 is 0. The van der Waals surface area contributed by atoms with Crippen LogP contribution in [0.25, 0.3) is 0 Å². The first-order valence-corrected chi connectivity index (χ1v) is 8.47. The highest BCUT2D eigenvalue weighted by molar-refractivity contribution is 5.74. The predicted molar refractivity (Wildman–Crippen MR) is 90.8 cm³/mol. The summed E-state index contributed by atoms with van der Waals surface area (Å²) in [6, 6.07) is 11.1. The van der Waals surface area contributed by atoms with E-state index < -0.39 is 0 Å². The van der Waals surface area contributed by atoms with Gasteiger partial charge in [0.2, 0.25) is 0 Å². The predicted octanol–water partition coefficient (Wildman–Crippen LogP) is 3.09. The molecule has 1 fully saturated rings. The summed E-state index contributed by atoms with van der Waals surface area (Å²) in [7, 11) is 1.93. The lowest BCUT2D eigenvalue weighted by Gasteiger charge is -2.36. The zero-order chi connectivity index (χ0) is 15.8. The van der Waals surface area contributed by atoms with E-state index in [1.807, 2.05) is 11.9 Å². The molecule has 122 valence electrons. The van der Waals surface area contributed by atoms with E-state index in [1.54, 1.807) is 0 Å². The first-order chi connectivity index (χ1) is 10.7. The van der Waals surface area contributed by atoms with E-state index in [0.29, 0.717) is 6.04 Å². The van der Waals surface area contributed by atoms with Gasteiger partial charge in [-0.1, -0.05) is 43.7 Å². The maximum Gasteiger partial charge on any atom is 0.317 e. The van der Waals surface area contributed by atoms with Gasteiger partial charge in [0.1, 0.15) is 0 Å². The van der Waals surface area contributed by atoms with Gasteiger partial charge < -0.3 is 10.2 Å². The number of nitrogens with zero attached hydrogens (tertiary/aromatic N) is 2. The van der Waals surface area contributed by atoms with Crippen LogP contribution in [0, 0.1) is 0 Å². The van der Waals surface area contributed by atoms with Gasteiger partial charge in [0.05, 0.1) is 0 Å². The molecule has 0 spiro atoms. The largest absolute Gasteiger partial charge is 0.338 e. The van der Waals surface area contributed by atoms with Gasteiger partial charge in [-0.15, -0.1) is 0 Å². The fourth-order valence-electron chi connectivity index (χ4n) is 2.97. The van der Waals surface area contributed by atoms with Crippen LogP contribution >= 0.6 is 0 Å². The van der Waals surface area contributed by atoms with Crippen LogP contribution in [0.15, 0.2) is 30.3 Å². The van der Waals surface area contributed by atoms with Crippen LogP contribution in [0.4, 0.5) is 4.79 Å². The minimum absolute atomic E-state index is 0.0787. The monoisotopic (exact) mass is 303 g/mol. The third-order valence-corrected chi connectivity index (χ3v) is 4.48. The highest BCUT2D eigenvalue weighted by atomic mass is 16.2. The molecule has 1 aromatic rings. The first-order valence-electron chi connectivity index (χ1n) is 8.47. The SMILES string of the molecule is CCCCNC(=O)N(C)C1CCN(Cc2ccccc2)CC1. The van der Waals surface area contributed by atoms with Gasteiger partial charge in [-0.25, -0.2) is 4.79 Å². The molecule has 0 radical (unpaired) electrons. The molecule has 0 saturated carbocycles. The second-order valence-corrected chi connectivity index (χ2v) is 6.19. The van der Waals surface area contributed by atoms with Crippen LogP contribution in [0.1, 0.15) is 38.2 Å². The van der Waals surface area contributed by atoms with E-state index in [2.05, 4.69) is 47.5 Å². The van der Waals surface area contributed by atoms with Crippen molar-refractivity contribution in [3.8, 4) is 0 Å². The first kappa shape index (κ1) is 16.8. The summed E-state index contributed by atoms with van der Waals surface area (Å²) in [6.45, 7) is 6.06. The van der Waals surface area contributed by atoms with E-state index in [0.717, 1.165) is 51.9 Å². The number of urea groups is 1. The highest BCUT2D eigenvalue weighted by Gasteiger charge is 2.25. The van der Waals surface area contributed by atoms with Crippen molar-refractivity contribution in [3.63, 3.8) is 0 Å². The fraction of sp³-hybridized carbons (Fsp3) is 0.611. The Hall–Kier alpha value is -1.55. The molecule has 1 heterocycles. The summed E-state index contributed by atoms with van der Waals surface area (Å²) >= 11 is 0. The minimum Gasteiger partial charge on any atom is -0.338 e. The molecule has 1 N–H and O–H groups in total. The van der Waals surface area contributed by atoms with Crippen molar-refractivity contribution in [2.75, 3.05) is 26.7 Å². The van der Waals surface area contributed by atoms with Crippen molar-refractivity contribution >= 4 is 6.03 Å². The van der Waals surface area contributed by atoms with Crippen LogP contribution in [-0.4, -0.2) is 48.6 Å². The Labute approximate surface area is 134 Å². The van der Waals surface area contributed by atoms with E-state index in [-0.39, 0.29) is 6.03 Å². The standard InChI is InChI=1S/C18H29N3O/c1-3-4-12-19-18(22)20(2)17-10-13-21(14-11-17)15-16-8-6-5-7-9-16/h5-9,17H,3-4,10-15H2,1-2H3,(H,19,22). The van der Waals surface area contributed by atoms with Crippen molar-refractivity contribution < 1.29 is 4.79 Å². The van der Waals surface area contributed by atoms with Crippen molar-refractivity contribution in [1.29, 1.82) is 0 Å². The quantitative estimate of drug-likeness (QED) is 0.820. The normalized spacial score (nSPS) is 16.5. The average molecular weight is 303 g/mol. The van der Waals surface area contributed by atoms with Gasteiger partial charge in [0.15, 0.2) is 0 Å². The van der Waals surface area contributed by atoms with Gasteiger partial charge in [0, 0.05) is 39.3 Å². The topological polar surface area (TPSA) is 35.6 Å². The molecule has 0 atom stereocenters. The second-order valence-electron chi connectivity index (χ2n) is 6.19. The van der Waals surface area contributed by atoms with Crippen LogP contribution in [0.5, 0.6) is 0 Å². The number of hydrogen-bond acceptors (Lipinski definition) is 2. The lowest BCUT2D eigenvalue weighted by atomic mass is 10.0. The number of piperidine rings is 1. The van der Waals surface area contributed by atoms with Gasteiger partial charge >= 0.3 is 6.03 Å². The molecular weight excluding hydrogens is 274 g/mol. The summed E-state index contributed by atoms with van der Waals surface area (Å²) in [6.07, 6.45) is 4.28. The molecule has 0 aromatic heterocycles. The smallest absolute Gasteiger partial charge is 0.317 e.